The SMILES string of the molecule is CCN(CC)C(=O)CCNc1nnc(N)o1. The summed E-state index contributed by atoms with van der Waals surface area (Å²) in [6.07, 6.45) is 0.393. The van der Waals surface area contributed by atoms with Gasteiger partial charge in [-0.05, 0) is 13.8 Å². The van der Waals surface area contributed by atoms with Crippen molar-refractivity contribution in [2.24, 2.45) is 0 Å². The molecule has 90 valence electrons. The molecule has 0 atom stereocenters. The lowest BCUT2D eigenvalue weighted by atomic mass is 10.3. The van der Waals surface area contributed by atoms with Gasteiger partial charge in [-0.15, -0.1) is 0 Å². The number of rotatable bonds is 6. The predicted octanol–water partition coefficient (Wildman–Crippen LogP) is 0.322. The molecule has 1 amide bonds. The van der Waals surface area contributed by atoms with E-state index in [1.54, 1.807) is 4.90 Å². The molecule has 0 radical (unpaired) electrons. The fourth-order valence-corrected chi connectivity index (χ4v) is 1.32. The van der Waals surface area contributed by atoms with Crippen LogP contribution in [0, 0.1) is 0 Å². The second-order valence-electron chi connectivity index (χ2n) is 3.19. The van der Waals surface area contributed by atoms with Gasteiger partial charge in [-0.1, -0.05) is 10.2 Å². The van der Waals surface area contributed by atoms with Crippen molar-refractivity contribution in [1.29, 1.82) is 0 Å². The van der Waals surface area contributed by atoms with Crippen LogP contribution in [0.1, 0.15) is 20.3 Å². The Kier molecular flexibility index (Phi) is 4.56. The predicted molar refractivity (Wildman–Crippen MR) is 59.7 cm³/mol. The molecule has 0 aliphatic heterocycles. The number of aromatic nitrogens is 2. The third kappa shape index (κ3) is 3.41. The van der Waals surface area contributed by atoms with Gasteiger partial charge in [0.15, 0.2) is 0 Å². The average molecular weight is 227 g/mol. The lowest BCUT2D eigenvalue weighted by Gasteiger charge is -2.18. The standard InChI is InChI=1S/C9H17N5O2/c1-3-14(4-2)7(15)5-6-11-9-13-12-8(10)16-9/h3-6H2,1-2H3,(H2,10,12)(H,11,13). The van der Waals surface area contributed by atoms with Crippen LogP contribution in [0.2, 0.25) is 0 Å². The van der Waals surface area contributed by atoms with Gasteiger partial charge in [-0.3, -0.25) is 4.79 Å². The summed E-state index contributed by atoms with van der Waals surface area (Å²) in [5, 5.41) is 9.94. The van der Waals surface area contributed by atoms with Gasteiger partial charge in [0.25, 0.3) is 0 Å². The number of amides is 1. The van der Waals surface area contributed by atoms with Crippen LogP contribution in [0.15, 0.2) is 4.42 Å². The summed E-state index contributed by atoms with van der Waals surface area (Å²) in [6.45, 7) is 5.81. The zero-order chi connectivity index (χ0) is 12.0. The number of nitrogens with two attached hydrogens (primary N) is 1. The van der Waals surface area contributed by atoms with Gasteiger partial charge in [-0.2, -0.15) is 0 Å². The number of carbonyl (C=O) groups is 1. The highest BCUT2D eigenvalue weighted by atomic mass is 16.4. The van der Waals surface area contributed by atoms with Crippen molar-refractivity contribution in [3.8, 4) is 0 Å². The Morgan fingerprint density at radius 3 is 2.62 bits per heavy atom. The van der Waals surface area contributed by atoms with E-state index < -0.39 is 0 Å². The molecular formula is C9H17N5O2. The van der Waals surface area contributed by atoms with E-state index in [9.17, 15) is 4.79 Å². The van der Waals surface area contributed by atoms with Gasteiger partial charge >= 0.3 is 12.0 Å². The number of anilines is 2. The van der Waals surface area contributed by atoms with Crippen molar-refractivity contribution in [2.75, 3.05) is 30.7 Å². The van der Waals surface area contributed by atoms with Gasteiger partial charge in [0.05, 0.1) is 0 Å². The molecule has 1 aromatic heterocycles. The Hall–Kier alpha value is -1.79. The van der Waals surface area contributed by atoms with Gasteiger partial charge < -0.3 is 20.4 Å². The number of nitrogens with one attached hydrogen (secondary N) is 1. The summed E-state index contributed by atoms with van der Waals surface area (Å²) in [5.74, 6) is 0.102. The van der Waals surface area contributed by atoms with E-state index >= 15 is 0 Å². The molecule has 0 spiro atoms. The first-order valence-electron chi connectivity index (χ1n) is 5.28. The summed E-state index contributed by atoms with van der Waals surface area (Å²) in [6, 6.07) is 0.252. The molecule has 0 saturated carbocycles. The Labute approximate surface area is 94.0 Å². The number of nitrogens with zero attached hydrogens (tertiary/aromatic N) is 3. The van der Waals surface area contributed by atoms with E-state index in [2.05, 4.69) is 15.5 Å². The number of carbonyl (C=O) groups excluding carboxylic acids is 1. The Balaban J connectivity index is 2.27. The van der Waals surface area contributed by atoms with Crippen molar-refractivity contribution in [3.05, 3.63) is 0 Å². The highest BCUT2D eigenvalue weighted by Crippen LogP contribution is 2.05. The summed E-state index contributed by atoms with van der Waals surface area (Å²) in [5.41, 5.74) is 5.25. The summed E-state index contributed by atoms with van der Waals surface area (Å²) < 4.78 is 4.90. The van der Waals surface area contributed by atoms with Crippen LogP contribution in [-0.4, -0.2) is 40.6 Å². The fourth-order valence-electron chi connectivity index (χ4n) is 1.32. The molecule has 0 bridgehead atoms. The van der Waals surface area contributed by atoms with Crippen LogP contribution in [0.5, 0.6) is 0 Å². The first-order chi connectivity index (χ1) is 7.67. The van der Waals surface area contributed by atoms with Crippen LogP contribution in [0.4, 0.5) is 12.0 Å². The molecule has 0 fully saturated rings. The Bertz CT molecular complexity index is 334. The highest BCUT2D eigenvalue weighted by Gasteiger charge is 2.09. The maximum Gasteiger partial charge on any atom is 0.316 e. The number of hydrogen-bond donors (Lipinski definition) is 2. The monoisotopic (exact) mass is 227 g/mol. The van der Waals surface area contributed by atoms with E-state index in [1.165, 1.54) is 0 Å². The lowest BCUT2D eigenvalue weighted by Crippen LogP contribution is -2.31. The quantitative estimate of drug-likeness (QED) is 0.726. The second-order valence-corrected chi connectivity index (χ2v) is 3.19. The lowest BCUT2D eigenvalue weighted by molar-refractivity contribution is -0.130. The van der Waals surface area contributed by atoms with Crippen LogP contribution < -0.4 is 11.1 Å². The van der Waals surface area contributed by atoms with Gasteiger partial charge in [0.2, 0.25) is 5.91 Å². The largest absolute Gasteiger partial charge is 0.390 e. The van der Waals surface area contributed by atoms with Crippen molar-refractivity contribution in [1.82, 2.24) is 15.1 Å². The van der Waals surface area contributed by atoms with Crippen LogP contribution in [0.3, 0.4) is 0 Å². The topological polar surface area (TPSA) is 97.3 Å². The van der Waals surface area contributed by atoms with E-state index in [-0.39, 0.29) is 17.9 Å². The molecule has 16 heavy (non-hydrogen) atoms. The molecule has 0 aromatic carbocycles. The van der Waals surface area contributed by atoms with Crippen LogP contribution in [0.25, 0.3) is 0 Å². The Morgan fingerprint density at radius 1 is 1.44 bits per heavy atom. The molecule has 3 N–H and O–H groups in total. The van der Waals surface area contributed by atoms with Gasteiger partial charge in [-0.25, -0.2) is 0 Å². The van der Waals surface area contributed by atoms with Crippen molar-refractivity contribution in [2.45, 2.75) is 20.3 Å². The van der Waals surface area contributed by atoms with E-state index in [1.807, 2.05) is 13.8 Å². The summed E-state index contributed by atoms with van der Waals surface area (Å²) >= 11 is 0. The molecule has 1 heterocycles. The third-order valence-corrected chi connectivity index (χ3v) is 2.17. The maximum absolute atomic E-state index is 11.6. The van der Waals surface area contributed by atoms with E-state index in [4.69, 9.17) is 10.2 Å². The van der Waals surface area contributed by atoms with Crippen molar-refractivity contribution in [3.63, 3.8) is 0 Å². The third-order valence-electron chi connectivity index (χ3n) is 2.17. The molecule has 0 saturated heterocycles. The molecule has 0 aliphatic carbocycles. The second kappa shape index (κ2) is 5.94. The molecule has 7 nitrogen and oxygen atoms in total. The molecule has 1 aromatic rings. The van der Waals surface area contributed by atoms with Crippen LogP contribution in [-0.2, 0) is 4.79 Å². The maximum atomic E-state index is 11.6. The van der Waals surface area contributed by atoms with Gasteiger partial charge in [0.1, 0.15) is 0 Å². The number of nitrogen functional groups attached to an aromatic ring is 1. The molecule has 0 unspecified atom stereocenters. The first-order valence-corrected chi connectivity index (χ1v) is 5.28. The molecule has 7 heteroatoms. The summed E-state index contributed by atoms with van der Waals surface area (Å²) in [7, 11) is 0. The molecule has 1 rings (SSSR count). The smallest absolute Gasteiger partial charge is 0.316 e. The Morgan fingerprint density at radius 2 is 2.12 bits per heavy atom. The van der Waals surface area contributed by atoms with Gasteiger partial charge in [0, 0.05) is 26.1 Å². The average Bonchev–Trinajstić information content (AvgIpc) is 2.66. The zero-order valence-corrected chi connectivity index (χ0v) is 9.56. The minimum absolute atomic E-state index is 0.0116. The van der Waals surface area contributed by atoms with E-state index in [0.29, 0.717) is 13.0 Å². The summed E-state index contributed by atoms with van der Waals surface area (Å²) in [4.78, 5) is 13.4. The zero-order valence-electron chi connectivity index (χ0n) is 9.56. The normalized spacial score (nSPS) is 10.1. The fraction of sp³-hybridized carbons (Fsp3) is 0.667. The first kappa shape index (κ1) is 12.3. The van der Waals surface area contributed by atoms with Crippen molar-refractivity contribution < 1.29 is 9.21 Å². The van der Waals surface area contributed by atoms with Crippen LogP contribution >= 0.6 is 0 Å². The van der Waals surface area contributed by atoms with Crippen molar-refractivity contribution >= 4 is 17.9 Å². The molecule has 0 aliphatic rings. The highest BCUT2D eigenvalue weighted by molar-refractivity contribution is 5.76. The minimum atomic E-state index is 0.0116. The van der Waals surface area contributed by atoms with E-state index in [0.717, 1.165) is 13.1 Å². The number of hydrogen-bond acceptors (Lipinski definition) is 6. The molecular weight excluding hydrogens is 210 g/mol. The minimum Gasteiger partial charge on any atom is -0.390 e.